The van der Waals surface area contributed by atoms with Crippen molar-refractivity contribution in [1.29, 1.82) is 0 Å². The number of nitrogens with one attached hydrogen (secondary N) is 1. The number of aromatic nitrogens is 2. The molecule has 1 fully saturated rings. The third-order valence-corrected chi connectivity index (χ3v) is 3.81. The van der Waals surface area contributed by atoms with E-state index in [1.54, 1.807) is 0 Å². The van der Waals surface area contributed by atoms with Crippen LogP contribution < -0.4 is 5.32 Å². The van der Waals surface area contributed by atoms with Crippen LogP contribution in [-0.4, -0.2) is 22.4 Å². The zero-order valence-electron chi connectivity index (χ0n) is 10.8. The molecule has 1 aromatic rings. The second-order valence-corrected chi connectivity index (χ2v) is 5.63. The molecule has 3 nitrogen and oxygen atoms in total. The van der Waals surface area contributed by atoms with Gasteiger partial charge in [-0.25, -0.2) is 0 Å². The summed E-state index contributed by atoms with van der Waals surface area (Å²) >= 11 is 0. The van der Waals surface area contributed by atoms with Crippen molar-refractivity contribution < 1.29 is 0 Å². The minimum absolute atomic E-state index is 0.376. The number of aryl methyl sites for hydroxylation is 1. The molecule has 16 heavy (non-hydrogen) atoms. The van der Waals surface area contributed by atoms with E-state index in [0.717, 1.165) is 6.54 Å². The molecule has 2 rings (SSSR count). The molecule has 0 aliphatic heterocycles. The summed E-state index contributed by atoms with van der Waals surface area (Å²) in [7, 11) is 0. The lowest BCUT2D eigenvalue weighted by Crippen LogP contribution is -2.42. The second-order valence-electron chi connectivity index (χ2n) is 5.63. The number of hydrogen-bond donors (Lipinski definition) is 1. The van der Waals surface area contributed by atoms with Crippen LogP contribution in [0.3, 0.4) is 0 Å². The van der Waals surface area contributed by atoms with Gasteiger partial charge in [0.1, 0.15) is 0 Å². The van der Waals surface area contributed by atoms with Gasteiger partial charge in [0, 0.05) is 12.2 Å². The lowest BCUT2D eigenvalue weighted by atomic mass is 9.86. The Hall–Kier alpha value is -0.830. The van der Waals surface area contributed by atoms with Gasteiger partial charge in [0.05, 0.1) is 12.2 Å². The van der Waals surface area contributed by atoms with Gasteiger partial charge in [-0.15, -0.1) is 0 Å². The standard InChI is InChI=1S/C13H23N3/c1-5-14-12-11(6-7-13(12,3)4)16-9-10(2)8-15-16/h8-9,11-12,14H,5-7H2,1-4H3. The van der Waals surface area contributed by atoms with Gasteiger partial charge in [-0.05, 0) is 37.3 Å². The van der Waals surface area contributed by atoms with E-state index < -0.39 is 0 Å². The van der Waals surface area contributed by atoms with Crippen LogP contribution in [0.4, 0.5) is 0 Å². The maximum Gasteiger partial charge on any atom is 0.0677 e. The number of nitrogens with zero attached hydrogens (tertiary/aromatic N) is 2. The molecule has 2 unspecified atom stereocenters. The van der Waals surface area contributed by atoms with E-state index >= 15 is 0 Å². The molecule has 1 heterocycles. The maximum absolute atomic E-state index is 4.47. The Bertz CT molecular complexity index is 354. The zero-order valence-corrected chi connectivity index (χ0v) is 10.8. The van der Waals surface area contributed by atoms with Crippen molar-refractivity contribution in [3.8, 4) is 0 Å². The third-order valence-electron chi connectivity index (χ3n) is 3.81. The highest BCUT2D eigenvalue weighted by atomic mass is 15.3. The van der Waals surface area contributed by atoms with Gasteiger partial charge in [-0.2, -0.15) is 5.10 Å². The van der Waals surface area contributed by atoms with E-state index in [1.807, 2.05) is 6.20 Å². The molecule has 90 valence electrons. The first-order valence-corrected chi connectivity index (χ1v) is 6.29. The monoisotopic (exact) mass is 221 g/mol. The Morgan fingerprint density at radius 2 is 2.31 bits per heavy atom. The molecule has 0 aromatic carbocycles. The normalized spacial score (nSPS) is 28.5. The summed E-state index contributed by atoms with van der Waals surface area (Å²) in [5.74, 6) is 0. The maximum atomic E-state index is 4.47. The summed E-state index contributed by atoms with van der Waals surface area (Å²) in [5, 5.41) is 8.10. The summed E-state index contributed by atoms with van der Waals surface area (Å²) < 4.78 is 2.15. The molecular weight excluding hydrogens is 198 g/mol. The van der Waals surface area contributed by atoms with Crippen molar-refractivity contribution in [2.24, 2.45) is 5.41 Å². The minimum Gasteiger partial charge on any atom is -0.312 e. The fraction of sp³-hybridized carbons (Fsp3) is 0.769. The van der Waals surface area contributed by atoms with Crippen LogP contribution in [0, 0.1) is 12.3 Å². The van der Waals surface area contributed by atoms with Crippen molar-refractivity contribution in [2.75, 3.05) is 6.54 Å². The average molecular weight is 221 g/mol. The largest absolute Gasteiger partial charge is 0.312 e. The second kappa shape index (κ2) is 4.21. The van der Waals surface area contributed by atoms with Crippen LogP contribution in [0.2, 0.25) is 0 Å². The minimum atomic E-state index is 0.376. The van der Waals surface area contributed by atoms with Crippen molar-refractivity contribution >= 4 is 0 Å². The fourth-order valence-electron chi connectivity index (χ4n) is 2.89. The van der Waals surface area contributed by atoms with E-state index in [-0.39, 0.29) is 0 Å². The Balaban J connectivity index is 2.21. The van der Waals surface area contributed by atoms with Crippen molar-refractivity contribution in [2.45, 2.75) is 52.6 Å². The highest BCUT2D eigenvalue weighted by Crippen LogP contribution is 2.43. The SMILES string of the molecule is CCNC1C(n2cc(C)cn2)CCC1(C)C. The number of likely N-dealkylation sites (N-methyl/N-ethyl adjacent to an activating group) is 1. The lowest BCUT2D eigenvalue weighted by Gasteiger charge is -2.31. The van der Waals surface area contributed by atoms with E-state index in [4.69, 9.17) is 0 Å². The van der Waals surface area contributed by atoms with E-state index in [2.05, 4.69) is 49.0 Å². The van der Waals surface area contributed by atoms with Gasteiger partial charge in [0.15, 0.2) is 0 Å². The number of rotatable bonds is 3. The first kappa shape index (κ1) is 11.6. The summed E-state index contributed by atoms with van der Waals surface area (Å²) in [4.78, 5) is 0. The summed E-state index contributed by atoms with van der Waals surface area (Å²) in [6.45, 7) is 10.0. The highest BCUT2D eigenvalue weighted by Gasteiger charge is 2.42. The Labute approximate surface area is 98.2 Å². The Morgan fingerprint density at radius 3 is 2.88 bits per heavy atom. The van der Waals surface area contributed by atoms with Gasteiger partial charge in [-0.3, -0.25) is 4.68 Å². The Morgan fingerprint density at radius 1 is 1.56 bits per heavy atom. The third kappa shape index (κ3) is 2.01. The predicted octanol–water partition coefficient (Wildman–Crippen LogP) is 2.53. The zero-order chi connectivity index (χ0) is 11.8. The van der Waals surface area contributed by atoms with Gasteiger partial charge in [-0.1, -0.05) is 20.8 Å². The van der Waals surface area contributed by atoms with Crippen LogP contribution in [0.5, 0.6) is 0 Å². The molecular formula is C13H23N3. The molecule has 1 aliphatic rings. The first-order valence-electron chi connectivity index (χ1n) is 6.29. The molecule has 1 aliphatic carbocycles. The van der Waals surface area contributed by atoms with Crippen LogP contribution in [0.25, 0.3) is 0 Å². The summed E-state index contributed by atoms with van der Waals surface area (Å²) in [5.41, 5.74) is 1.63. The van der Waals surface area contributed by atoms with Crippen molar-refractivity contribution in [3.05, 3.63) is 18.0 Å². The van der Waals surface area contributed by atoms with Crippen LogP contribution >= 0.6 is 0 Å². The van der Waals surface area contributed by atoms with Crippen LogP contribution in [0.1, 0.15) is 45.2 Å². The van der Waals surface area contributed by atoms with Gasteiger partial charge < -0.3 is 5.32 Å². The highest BCUT2D eigenvalue weighted by molar-refractivity contribution is 5.05. The van der Waals surface area contributed by atoms with Crippen molar-refractivity contribution in [3.63, 3.8) is 0 Å². The summed E-state index contributed by atoms with van der Waals surface area (Å²) in [6.07, 6.45) is 6.62. The fourth-order valence-corrected chi connectivity index (χ4v) is 2.89. The molecule has 3 heteroatoms. The number of hydrogen-bond acceptors (Lipinski definition) is 2. The smallest absolute Gasteiger partial charge is 0.0677 e. The van der Waals surface area contributed by atoms with Crippen LogP contribution in [-0.2, 0) is 0 Å². The molecule has 1 N–H and O–H groups in total. The topological polar surface area (TPSA) is 29.9 Å². The Kier molecular flexibility index (Phi) is 3.06. The van der Waals surface area contributed by atoms with Crippen LogP contribution in [0.15, 0.2) is 12.4 Å². The summed E-state index contributed by atoms with van der Waals surface area (Å²) in [6, 6.07) is 1.06. The van der Waals surface area contributed by atoms with Gasteiger partial charge >= 0.3 is 0 Å². The van der Waals surface area contributed by atoms with Gasteiger partial charge in [0.2, 0.25) is 0 Å². The molecule has 2 atom stereocenters. The molecule has 1 saturated carbocycles. The molecule has 0 radical (unpaired) electrons. The molecule has 0 spiro atoms. The van der Waals surface area contributed by atoms with E-state index in [0.29, 0.717) is 17.5 Å². The molecule has 0 bridgehead atoms. The first-order chi connectivity index (χ1) is 7.54. The average Bonchev–Trinajstić information content (AvgIpc) is 2.73. The van der Waals surface area contributed by atoms with Crippen molar-refractivity contribution in [1.82, 2.24) is 15.1 Å². The predicted molar refractivity (Wildman–Crippen MR) is 66.5 cm³/mol. The van der Waals surface area contributed by atoms with E-state index in [1.165, 1.54) is 18.4 Å². The molecule has 0 saturated heterocycles. The van der Waals surface area contributed by atoms with E-state index in [9.17, 15) is 0 Å². The lowest BCUT2D eigenvalue weighted by molar-refractivity contribution is 0.244. The van der Waals surface area contributed by atoms with Gasteiger partial charge in [0.25, 0.3) is 0 Å². The molecule has 1 aromatic heterocycles. The quantitative estimate of drug-likeness (QED) is 0.850. The molecule has 0 amide bonds.